The molecule has 0 aromatic heterocycles. The van der Waals surface area contributed by atoms with Gasteiger partial charge in [-0.2, -0.15) is 0 Å². The number of nitrogens with zero attached hydrogens (tertiary/aromatic N) is 1. The van der Waals surface area contributed by atoms with E-state index < -0.39 is 10.0 Å². The molecule has 1 heterocycles. The van der Waals surface area contributed by atoms with Gasteiger partial charge in [-0.05, 0) is 36.6 Å². The molecule has 1 fully saturated rings. The van der Waals surface area contributed by atoms with Crippen LogP contribution in [-0.4, -0.2) is 50.0 Å². The summed E-state index contributed by atoms with van der Waals surface area (Å²) in [5, 5.41) is 15.1. The molecule has 0 spiro atoms. The minimum Gasteiger partial charge on any atom is -0.506 e. The molecule has 10 heteroatoms. The summed E-state index contributed by atoms with van der Waals surface area (Å²) in [6.07, 6.45) is 1.04. The van der Waals surface area contributed by atoms with Gasteiger partial charge < -0.3 is 15.3 Å². The van der Waals surface area contributed by atoms with Gasteiger partial charge in [0, 0.05) is 41.2 Å². The van der Waals surface area contributed by atoms with Crippen LogP contribution < -0.4 is 10.0 Å². The number of amides is 1. The molecule has 0 radical (unpaired) electrons. The minimum absolute atomic E-state index is 0.0156. The van der Waals surface area contributed by atoms with E-state index in [1.807, 2.05) is 12.1 Å². The van der Waals surface area contributed by atoms with Crippen LogP contribution in [0.2, 0.25) is 10.0 Å². The summed E-state index contributed by atoms with van der Waals surface area (Å²) in [5.41, 5.74) is 1.91. The van der Waals surface area contributed by atoms with E-state index in [-0.39, 0.29) is 24.2 Å². The number of hydrogen-bond acceptors (Lipinski definition) is 5. The number of carbonyl (C=O) groups excluding carboxylic acids is 1. The molecule has 3 N–H and O–H groups in total. The van der Waals surface area contributed by atoms with Crippen molar-refractivity contribution in [3.8, 4) is 16.9 Å². The second kappa shape index (κ2) is 9.91. The van der Waals surface area contributed by atoms with Crippen molar-refractivity contribution < 1.29 is 18.3 Å². The lowest BCUT2D eigenvalue weighted by Gasteiger charge is -2.32. The van der Waals surface area contributed by atoms with E-state index in [0.717, 1.165) is 11.0 Å². The van der Waals surface area contributed by atoms with Gasteiger partial charge in [-0.15, -0.1) is 0 Å². The number of benzene rings is 2. The molecular formula is C21H23Cl2N3O4S. The fourth-order valence-electron chi connectivity index (χ4n) is 3.36. The number of phenols is 1. The van der Waals surface area contributed by atoms with Crippen LogP contribution in [0, 0.1) is 0 Å². The molecular weight excluding hydrogens is 461 g/mol. The molecule has 7 nitrogen and oxygen atoms in total. The van der Waals surface area contributed by atoms with Crippen LogP contribution in [0.25, 0.3) is 11.1 Å². The quantitative estimate of drug-likeness (QED) is 0.519. The molecule has 1 aliphatic rings. The zero-order chi connectivity index (χ0) is 22.6. The maximum atomic E-state index is 12.6. The fourth-order valence-corrected chi connectivity index (χ4v) is 4.55. The highest BCUT2D eigenvalue weighted by molar-refractivity contribution is 7.92. The molecule has 1 aliphatic heterocycles. The summed E-state index contributed by atoms with van der Waals surface area (Å²) >= 11 is 12.2. The highest BCUT2D eigenvalue weighted by Gasteiger charge is 2.25. The summed E-state index contributed by atoms with van der Waals surface area (Å²) in [7, 11) is -3.49. The summed E-state index contributed by atoms with van der Waals surface area (Å²) in [5.74, 6) is -0.208. The summed E-state index contributed by atoms with van der Waals surface area (Å²) in [6.45, 7) is 4.14. The third-order valence-corrected chi connectivity index (χ3v) is 6.73. The van der Waals surface area contributed by atoms with E-state index in [0.29, 0.717) is 47.2 Å². The van der Waals surface area contributed by atoms with E-state index in [1.54, 1.807) is 23.1 Å². The Morgan fingerprint density at radius 2 is 1.84 bits per heavy atom. The number of halogens is 2. The van der Waals surface area contributed by atoms with Crippen molar-refractivity contribution in [2.24, 2.45) is 0 Å². The number of piperidine rings is 1. The number of rotatable bonds is 7. The van der Waals surface area contributed by atoms with E-state index in [4.69, 9.17) is 23.2 Å². The number of nitrogens with one attached hydrogen (secondary N) is 2. The van der Waals surface area contributed by atoms with E-state index in [2.05, 4.69) is 16.6 Å². The number of hydrogen-bond donors (Lipinski definition) is 3. The van der Waals surface area contributed by atoms with Crippen molar-refractivity contribution in [1.82, 2.24) is 9.62 Å². The van der Waals surface area contributed by atoms with Crippen LogP contribution in [0.15, 0.2) is 48.4 Å². The van der Waals surface area contributed by atoms with Crippen LogP contribution in [-0.2, 0) is 14.8 Å². The Hall–Kier alpha value is -2.26. The predicted octanol–water partition coefficient (Wildman–Crippen LogP) is 3.83. The average Bonchev–Trinajstić information content (AvgIpc) is 2.74. The van der Waals surface area contributed by atoms with Crippen molar-refractivity contribution in [3.05, 3.63) is 58.4 Å². The smallest absolute Gasteiger partial charge is 0.241 e. The SMILES string of the molecule is C=CS(=O)(=O)NC1CCN(C(=O)CNc2cc(-c3ccc(Cl)cc3)c(Cl)cc2O)CC1. The molecule has 2 aromatic rings. The third kappa shape index (κ3) is 6.13. The number of likely N-dealkylation sites (tertiary alicyclic amines) is 1. The molecule has 0 unspecified atom stereocenters. The van der Waals surface area contributed by atoms with Crippen LogP contribution in [0.3, 0.4) is 0 Å². The Kier molecular flexibility index (Phi) is 7.48. The van der Waals surface area contributed by atoms with Crippen molar-refractivity contribution in [3.63, 3.8) is 0 Å². The van der Waals surface area contributed by atoms with Gasteiger partial charge in [0.25, 0.3) is 0 Å². The van der Waals surface area contributed by atoms with Gasteiger partial charge in [0.05, 0.1) is 17.3 Å². The maximum absolute atomic E-state index is 12.6. The monoisotopic (exact) mass is 483 g/mol. The van der Waals surface area contributed by atoms with Crippen molar-refractivity contribution in [1.29, 1.82) is 0 Å². The van der Waals surface area contributed by atoms with E-state index in [9.17, 15) is 18.3 Å². The lowest BCUT2D eigenvalue weighted by molar-refractivity contribution is -0.130. The van der Waals surface area contributed by atoms with Crippen molar-refractivity contribution in [2.75, 3.05) is 25.0 Å². The first-order valence-electron chi connectivity index (χ1n) is 9.63. The Labute approximate surface area is 191 Å². The molecule has 3 rings (SSSR count). The fraction of sp³-hybridized carbons (Fsp3) is 0.286. The first-order chi connectivity index (χ1) is 14.7. The molecule has 1 saturated heterocycles. The lowest BCUT2D eigenvalue weighted by atomic mass is 10.0. The van der Waals surface area contributed by atoms with Crippen LogP contribution in [0.1, 0.15) is 12.8 Å². The molecule has 2 aromatic carbocycles. The molecule has 0 bridgehead atoms. The van der Waals surface area contributed by atoms with E-state index >= 15 is 0 Å². The predicted molar refractivity (Wildman–Crippen MR) is 124 cm³/mol. The van der Waals surface area contributed by atoms with Gasteiger partial charge in [-0.3, -0.25) is 4.79 Å². The lowest BCUT2D eigenvalue weighted by Crippen LogP contribution is -2.47. The first kappa shape index (κ1) is 23.4. The molecule has 1 amide bonds. The average molecular weight is 484 g/mol. The minimum atomic E-state index is -3.49. The summed E-state index contributed by atoms with van der Waals surface area (Å²) in [6, 6.07) is 10.0. The number of anilines is 1. The summed E-state index contributed by atoms with van der Waals surface area (Å²) in [4.78, 5) is 14.2. The number of carbonyl (C=O) groups is 1. The Morgan fingerprint density at radius 1 is 1.19 bits per heavy atom. The standard InChI is InChI=1S/C21H23Cl2N3O4S/c1-2-31(29,30)25-16-7-9-26(10-8-16)21(28)13-24-19-11-17(18(23)12-20(19)27)14-3-5-15(22)6-4-14/h2-6,11-12,16,24-25,27H,1,7-10,13H2. The van der Waals surface area contributed by atoms with Gasteiger partial charge >= 0.3 is 0 Å². The Morgan fingerprint density at radius 3 is 2.45 bits per heavy atom. The molecule has 0 aliphatic carbocycles. The van der Waals surface area contributed by atoms with Crippen molar-refractivity contribution in [2.45, 2.75) is 18.9 Å². The van der Waals surface area contributed by atoms with Gasteiger partial charge in [-0.25, -0.2) is 13.1 Å². The highest BCUT2D eigenvalue weighted by atomic mass is 35.5. The largest absolute Gasteiger partial charge is 0.506 e. The normalized spacial score (nSPS) is 15.0. The molecule has 0 saturated carbocycles. The van der Waals surface area contributed by atoms with Crippen molar-refractivity contribution >= 4 is 44.8 Å². The van der Waals surface area contributed by atoms with E-state index in [1.165, 1.54) is 6.07 Å². The van der Waals surface area contributed by atoms with Gasteiger partial charge in [0.1, 0.15) is 5.75 Å². The van der Waals surface area contributed by atoms with Crippen LogP contribution in [0.5, 0.6) is 5.75 Å². The van der Waals surface area contributed by atoms with Crippen LogP contribution >= 0.6 is 23.2 Å². The van der Waals surface area contributed by atoms with Gasteiger partial charge in [0.15, 0.2) is 0 Å². The maximum Gasteiger partial charge on any atom is 0.241 e. The second-order valence-electron chi connectivity index (χ2n) is 7.19. The van der Waals surface area contributed by atoms with Gasteiger partial charge in [-0.1, -0.05) is 41.9 Å². The Balaban J connectivity index is 1.61. The number of aromatic hydroxyl groups is 1. The highest BCUT2D eigenvalue weighted by Crippen LogP contribution is 2.36. The molecule has 31 heavy (non-hydrogen) atoms. The molecule has 0 atom stereocenters. The number of phenolic OH excluding ortho intramolecular Hbond substituents is 1. The topological polar surface area (TPSA) is 98.7 Å². The molecule has 166 valence electrons. The zero-order valence-electron chi connectivity index (χ0n) is 16.6. The summed E-state index contributed by atoms with van der Waals surface area (Å²) < 4.78 is 25.7. The first-order valence-corrected chi connectivity index (χ1v) is 11.9. The van der Waals surface area contributed by atoms with Gasteiger partial charge in [0.2, 0.25) is 15.9 Å². The van der Waals surface area contributed by atoms with Crippen LogP contribution in [0.4, 0.5) is 5.69 Å². The number of sulfonamides is 1. The Bertz CT molecular complexity index is 1070. The third-order valence-electron chi connectivity index (χ3n) is 5.07. The zero-order valence-corrected chi connectivity index (χ0v) is 19.0. The second-order valence-corrected chi connectivity index (χ2v) is 9.70.